The predicted octanol–water partition coefficient (Wildman–Crippen LogP) is 2.24. The van der Waals surface area contributed by atoms with Crippen LogP contribution < -0.4 is 10.6 Å². The monoisotopic (exact) mass is 323 g/mol. The van der Waals surface area contributed by atoms with Crippen molar-refractivity contribution in [3.8, 4) is 0 Å². The quantitative estimate of drug-likeness (QED) is 0.623. The number of aryl methyl sites for hydroxylation is 1. The Kier molecular flexibility index (Phi) is 6.64. The van der Waals surface area contributed by atoms with Gasteiger partial charge >= 0.3 is 0 Å². The van der Waals surface area contributed by atoms with Gasteiger partial charge in [-0.2, -0.15) is 0 Å². The number of guanidine groups is 1. The van der Waals surface area contributed by atoms with E-state index in [9.17, 15) is 0 Å². The van der Waals surface area contributed by atoms with Crippen molar-refractivity contribution in [1.29, 1.82) is 0 Å². The SMILES string of the molecule is CCNC(=NCc1nc(C)cs1)NC[C@H]1CCN(C(C)C)C1. The molecule has 1 aromatic rings. The predicted molar refractivity (Wildman–Crippen MR) is 94.5 cm³/mol. The highest BCUT2D eigenvalue weighted by Crippen LogP contribution is 2.17. The first kappa shape index (κ1) is 17.2. The number of nitrogens with one attached hydrogen (secondary N) is 2. The van der Waals surface area contributed by atoms with E-state index in [1.807, 2.05) is 6.92 Å². The molecule has 0 spiro atoms. The fraction of sp³-hybridized carbons (Fsp3) is 0.750. The van der Waals surface area contributed by atoms with Crippen molar-refractivity contribution in [1.82, 2.24) is 20.5 Å². The Morgan fingerprint density at radius 1 is 1.50 bits per heavy atom. The van der Waals surface area contributed by atoms with E-state index in [0.717, 1.165) is 29.8 Å². The molecule has 0 aromatic carbocycles. The maximum atomic E-state index is 4.64. The Labute approximate surface area is 138 Å². The molecule has 0 aliphatic carbocycles. The summed E-state index contributed by atoms with van der Waals surface area (Å²) >= 11 is 1.68. The van der Waals surface area contributed by atoms with E-state index in [-0.39, 0.29) is 0 Å². The fourth-order valence-corrected chi connectivity index (χ4v) is 3.40. The second-order valence-corrected chi connectivity index (χ2v) is 7.14. The van der Waals surface area contributed by atoms with E-state index >= 15 is 0 Å². The molecule has 22 heavy (non-hydrogen) atoms. The van der Waals surface area contributed by atoms with Gasteiger partial charge in [-0.1, -0.05) is 0 Å². The third kappa shape index (κ3) is 5.25. The molecule has 0 unspecified atom stereocenters. The second-order valence-electron chi connectivity index (χ2n) is 6.20. The second kappa shape index (κ2) is 8.48. The summed E-state index contributed by atoms with van der Waals surface area (Å²) in [4.78, 5) is 11.7. The highest BCUT2D eigenvalue weighted by molar-refractivity contribution is 7.09. The normalized spacial score (nSPS) is 19.9. The van der Waals surface area contributed by atoms with Gasteiger partial charge in [0.15, 0.2) is 5.96 Å². The fourth-order valence-electron chi connectivity index (χ4n) is 2.70. The Hall–Kier alpha value is -1.14. The molecule has 5 nitrogen and oxygen atoms in total. The Bertz CT molecular complexity index is 483. The smallest absolute Gasteiger partial charge is 0.191 e. The Morgan fingerprint density at radius 2 is 2.32 bits per heavy atom. The molecule has 0 radical (unpaired) electrons. The van der Waals surface area contributed by atoms with Crippen molar-refractivity contribution in [2.45, 2.75) is 46.7 Å². The van der Waals surface area contributed by atoms with Crippen LogP contribution in [0.1, 0.15) is 37.9 Å². The third-order valence-corrected chi connectivity index (χ3v) is 4.94. The zero-order chi connectivity index (χ0) is 15.9. The standard InChI is InChI=1S/C16H29N5S/c1-5-17-16(19-9-15-20-13(4)11-22-15)18-8-14-6-7-21(10-14)12(2)3/h11-12,14H,5-10H2,1-4H3,(H2,17,18,19)/t14-/m1/s1. The lowest BCUT2D eigenvalue weighted by Gasteiger charge is -2.20. The molecule has 1 aliphatic rings. The molecule has 2 heterocycles. The molecule has 1 saturated heterocycles. The molecule has 6 heteroatoms. The minimum atomic E-state index is 0.649. The number of rotatable bonds is 6. The van der Waals surface area contributed by atoms with Gasteiger partial charge in [-0.25, -0.2) is 9.98 Å². The van der Waals surface area contributed by atoms with Crippen LogP contribution in [-0.4, -0.2) is 48.1 Å². The minimum absolute atomic E-state index is 0.649. The van der Waals surface area contributed by atoms with E-state index in [1.54, 1.807) is 11.3 Å². The average Bonchev–Trinajstić information content (AvgIpc) is 3.11. The zero-order valence-corrected chi connectivity index (χ0v) is 15.0. The first-order valence-electron chi connectivity index (χ1n) is 8.25. The van der Waals surface area contributed by atoms with Crippen molar-refractivity contribution in [3.63, 3.8) is 0 Å². The summed E-state index contributed by atoms with van der Waals surface area (Å²) in [6, 6.07) is 0.653. The van der Waals surface area contributed by atoms with Crippen LogP contribution in [0.4, 0.5) is 0 Å². The van der Waals surface area contributed by atoms with Gasteiger partial charge in [-0.3, -0.25) is 0 Å². The lowest BCUT2D eigenvalue weighted by atomic mass is 10.1. The molecule has 1 fully saturated rings. The number of nitrogens with zero attached hydrogens (tertiary/aromatic N) is 3. The number of thiazole rings is 1. The van der Waals surface area contributed by atoms with Crippen LogP contribution in [0.2, 0.25) is 0 Å². The molecular weight excluding hydrogens is 294 g/mol. The van der Waals surface area contributed by atoms with Crippen LogP contribution in [0.5, 0.6) is 0 Å². The Balaban J connectivity index is 1.81. The molecular formula is C16H29N5S. The summed E-state index contributed by atoms with van der Waals surface area (Å²) in [7, 11) is 0. The molecule has 0 bridgehead atoms. The van der Waals surface area contributed by atoms with Crippen molar-refractivity contribution in [3.05, 3.63) is 16.1 Å². The van der Waals surface area contributed by atoms with E-state index in [2.05, 4.69) is 51.7 Å². The van der Waals surface area contributed by atoms with Crippen LogP contribution in [0, 0.1) is 12.8 Å². The average molecular weight is 324 g/mol. The van der Waals surface area contributed by atoms with Gasteiger partial charge in [-0.15, -0.1) is 11.3 Å². The van der Waals surface area contributed by atoms with E-state index in [4.69, 9.17) is 0 Å². The summed E-state index contributed by atoms with van der Waals surface area (Å²) in [5, 5.41) is 9.95. The summed E-state index contributed by atoms with van der Waals surface area (Å²) in [6.45, 7) is 13.6. The zero-order valence-electron chi connectivity index (χ0n) is 14.2. The van der Waals surface area contributed by atoms with Gasteiger partial charge in [0.2, 0.25) is 0 Å². The lowest BCUT2D eigenvalue weighted by Crippen LogP contribution is -2.40. The van der Waals surface area contributed by atoms with Gasteiger partial charge in [0, 0.05) is 36.8 Å². The molecule has 1 aliphatic heterocycles. The van der Waals surface area contributed by atoms with Crippen LogP contribution >= 0.6 is 11.3 Å². The van der Waals surface area contributed by atoms with Gasteiger partial charge in [-0.05, 0) is 46.6 Å². The molecule has 1 aromatic heterocycles. The lowest BCUT2D eigenvalue weighted by molar-refractivity contribution is 0.265. The molecule has 2 N–H and O–H groups in total. The van der Waals surface area contributed by atoms with Gasteiger partial charge in [0.1, 0.15) is 5.01 Å². The largest absolute Gasteiger partial charge is 0.357 e. The highest BCUT2D eigenvalue weighted by atomic mass is 32.1. The number of aromatic nitrogens is 1. The summed E-state index contributed by atoms with van der Waals surface area (Å²) < 4.78 is 0. The molecule has 0 amide bonds. The van der Waals surface area contributed by atoms with Crippen LogP contribution in [0.25, 0.3) is 0 Å². The van der Waals surface area contributed by atoms with Gasteiger partial charge < -0.3 is 15.5 Å². The van der Waals surface area contributed by atoms with E-state index in [1.165, 1.54) is 19.5 Å². The van der Waals surface area contributed by atoms with Crippen LogP contribution in [-0.2, 0) is 6.54 Å². The number of aliphatic imine (C=N–C) groups is 1. The van der Waals surface area contributed by atoms with Crippen LogP contribution in [0.15, 0.2) is 10.4 Å². The van der Waals surface area contributed by atoms with Crippen molar-refractivity contribution in [2.75, 3.05) is 26.2 Å². The van der Waals surface area contributed by atoms with Gasteiger partial charge in [0.05, 0.1) is 6.54 Å². The molecule has 0 saturated carbocycles. The number of hydrogen-bond acceptors (Lipinski definition) is 4. The van der Waals surface area contributed by atoms with Gasteiger partial charge in [0.25, 0.3) is 0 Å². The maximum Gasteiger partial charge on any atom is 0.191 e. The summed E-state index contributed by atoms with van der Waals surface area (Å²) in [6.07, 6.45) is 1.27. The van der Waals surface area contributed by atoms with E-state index in [0.29, 0.717) is 18.5 Å². The summed E-state index contributed by atoms with van der Waals surface area (Å²) in [5.41, 5.74) is 1.08. The van der Waals surface area contributed by atoms with E-state index < -0.39 is 0 Å². The van der Waals surface area contributed by atoms with Crippen molar-refractivity contribution in [2.24, 2.45) is 10.9 Å². The molecule has 1 atom stereocenters. The highest BCUT2D eigenvalue weighted by Gasteiger charge is 2.23. The first-order valence-corrected chi connectivity index (χ1v) is 9.13. The topological polar surface area (TPSA) is 52.6 Å². The molecule has 124 valence electrons. The first-order chi connectivity index (χ1) is 10.6. The van der Waals surface area contributed by atoms with Crippen LogP contribution in [0.3, 0.4) is 0 Å². The number of hydrogen-bond donors (Lipinski definition) is 2. The minimum Gasteiger partial charge on any atom is -0.357 e. The summed E-state index contributed by atoms with van der Waals surface area (Å²) in [5.74, 6) is 1.62. The Morgan fingerprint density at radius 3 is 2.91 bits per heavy atom. The third-order valence-electron chi connectivity index (χ3n) is 3.99. The molecule has 2 rings (SSSR count). The van der Waals surface area contributed by atoms with Crippen molar-refractivity contribution >= 4 is 17.3 Å². The maximum absolute atomic E-state index is 4.64. The number of likely N-dealkylation sites (tertiary alicyclic amines) is 1. The van der Waals surface area contributed by atoms with Crippen molar-refractivity contribution < 1.29 is 0 Å².